The van der Waals surface area contributed by atoms with Crippen molar-refractivity contribution < 1.29 is 19.1 Å². The molecular weight excluding hydrogens is 614 g/mol. The van der Waals surface area contributed by atoms with Gasteiger partial charge in [-0.3, -0.25) is 19.3 Å². The molecule has 4 heterocycles. The predicted molar refractivity (Wildman–Crippen MR) is 182 cm³/mol. The van der Waals surface area contributed by atoms with Crippen molar-refractivity contribution in [3.05, 3.63) is 34.9 Å². The lowest BCUT2D eigenvalue weighted by molar-refractivity contribution is -0.148. The summed E-state index contributed by atoms with van der Waals surface area (Å²) < 4.78 is 5.97. The van der Waals surface area contributed by atoms with E-state index in [2.05, 4.69) is 47.7 Å². The largest absolute Gasteiger partial charge is 0.368 e. The zero-order chi connectivity index (χ0) is 32.9. The van der Waals surface area contributed by atoms with Crippen molar-refractivity contribution in [2.45, 2.75) is 108 Å². The summed E-state index contributed by atoms with van der Waals surface area (Å²) in [6.07, 6.45) is 8.11. The van der Waals surface area contributed by atoms with Gasteiger partial charge in [0.05, 0.1) is 12.0 Å². The molecule has 258 valence electrons. The fourth-order valence-electron chi connectivity index (χ4n) is 9.07. The van der Waals surface area contributed by atoms with E-state index >= 15 is 0 Å². The number of carbonyl (C=O) groups is 3. The van der Waals surface area contributed by atoms with Crippen LogP contribution in [0, 0.1) is 11.3 Å². The third-order valence-electron chi connectivity index (χ3n) is 12.2. The Hall–Kier alpha value is -2.20. The van der Waals surface area contributed by atoms with Crippen LogP contribution in [0.1, 0.15) is 83.1 Å². The van der Waals surface area contributed by atoms with E-state index in [1.165, 1.54) is 12.8 Å². The minimum atomic E-state index is -0.559. The van der Waals surface area contributed by atoms with Crippen molar-refractivity contribution in [2.75, 3.05) is 59.5 Å². The quantitative estimate of drug-likeness (QED) is 0.433. The second kappa shape index (κ2) is 13.6. The lowest BCUT2D eigenvalue weighted by Gasteiger charge is -2.43. The van der Waals surface area contributed by atoms with Crippen molar-refractivity contribution in [1.29, 1.82) is 0 Å². The molecule has 0 radical (unpaired) electrons. The standard InChI is InChI=1S/C37H54ClN5O4/c1-37(2)14-12-28(13-15-37)43(36(46)33-5-4-20-47-33)29-21-32(35(45)40-18-16-39(3)17-19-40)42(22-29)34(44)31-24-41(27-10-11-27)23-30(31)25-6-8-26(38)9-7-25/h6-9,27-33H,4-5,10-24H2,1-3H3/t29-,30-,31+,32-,33-/m0/s1. The van der Waals surface area contributed by atoms with Crippen LogP contribution >= 0.6 is 11.6 Å². The van der Waals surface area contributed by atoms with Crippen molar-refractivity contribution in [3.63, 3.8) is 0 Å². The van der Waals surface area contributed by atoms with Crippen LogP contribution in [0.4, 0.5) is 0 Å². The molecule has 6 fully saturated rings. The number of hydrogen-bond donors (Lipinski definition) is 0. The van der Waals surface area contributed by atoms with Gasteiger partial charge in [0.25, 0.3) is 5.91 Å². The first-order valence-corrected chi connectivity index (χ1v) is 18.7. The molecule has 47 heavy (non-hydrogen) atoms. The van der Waals surface area contributed by atoms with Crippen molar-refractivity contribution in [3.8, 4) is 0 Å². The summed E-state index contributed by atoms with van der Waals surface area (Å²) in [5.74, 6) is -0.0158. The van der Waals surface area contributed by atoms with E-state index in [1.807, 2.05) is 21.9 Å². The summed E-state index contributed by atoms with van der Waals surface area (Å²) in [5.41, 5.74) is 1.40. The van der Waals surface area contributed by atoms with Crippen LogP contribution in [0.15, 0.2) is 24.3 Å². The molecule has 3 amide bonds. The lowest BCUT2D eigenvalue weighted by atomic mass is 9.75. The topological polar surface area (TPSA) is 76.6 Å². The molecule has 6 aliphatic rings. The molecule has 4 aliphatic heterocycles. The molecule has 0 aromatic heterocycles. The van der Waals surface area contributed by atoms with Crippen LogP contribution in [0.5, 0.6) is 0 Å². The van der Waals surface area contributed by atoms with Gasteiger partial charge in [0.2, 0.25) is 11.8 Å². The molecule has 5 atom stereocenters. The highest BCUT2D eigenvalue weighted by atomic mass is 35.5. The maximum atomic E-state index is 15.0. The number of piperazine rings is 1. The van der Waals surface area contributed by atoms with E-state index in [4.69, 9.17) is 16.3 Å². The number of ether oxygens (including phenoxy) is 1. The minimum absolute atomic E-state index is 0.0448. The van der Waals surface area contributed by atoms with Gasteiger partial charge in [0, 0.05) is 75.4 Å². The predicted octanol–water partition coefficient (Wildman–Crippen LogP) is 4.24. The van der Waals surface area contributed by atoms with Crippen molar-refractivity contribution in [1.82, 2.24) is 24.5 Å². The van der Waals surface area contributed by atoms with Crippen LogP contribution in [0.25, 0.3) is 0 Å². The first-order valence-electron chi connectivity index (χ1n) is 18.3. The summed E-state index contributed by atoms with van der Waals surface area (Å²) in [7, 11) is 2.09. The number of hydrogen-bond acceptors (Lipinski definition) is 6. The van der Waals surface area contributed by atoms with Gasteiger partial charge in [-0.2, -0.15) is 0 Å². The molecular formula is C37H54ClN5O4. The summed E-state index contributed by atoms with van der Waals surface area (Å²) in [5, 5.41) is 0.691. The van der Waals surface area contributed by atoms with Gasteiger partial charge in [-0.15, -0.1) is 0 Å². The van der Waals surface area contributed by atoms with E-state index in [1.54, 1.807) is 0 Å². The number of likely N-dealkylation sites (tertiary alicyclic amines) is 2. The van der Waals surface area contributed by atoms with Gasteiger partial charge in [-0.05, 0) is 87.9 Å². The Balaban J connectivity index is 1.19. The van der Waals surface area contributed by atoms with Crippen LogP contribution in [-0.2, 0) is 19.1 Å². The average Bonchev–Trinajstić information content (AvgIpc) is 3.42. The maximum Gasteiger partial charge on any atom is 0.252 e. The van der Waals surface area contributed by atoms with Crippen LogP contribution < -0.4 is 0 Å². The molecule has 1 aromatic rings. The summed E-state index contributed by atoms with van der Waals surface area (Å²) in [4.78, 5) is 54.4. The SMILES string of the molecule is CN1CCN(C(=O)[C@@H]2C[C@H](N(C(=O)[C@@H]3CCCO3)C3CCC(C)(C)CC3)CN2C(=O)[C@@H]2CN(C3CC3)C[C@H]2c2ccc(Cl)cc2)CC1. The number of rotatable bonds is 7. The molecule has 9 nitrogen and oxygen atoms in total. The Morgan fingerprint density at radius 3 is 2.21 bits per heavy atom. The van der Waals surface area contributed by atoms with Gasteiger partial charge in [0.15, 0.2) is 0 Å². The molecule has 0 unspecified atom stereocenters. The monoisotopic (exact) mass is 667 g/mol. The van der Waals surface area contributed by atoms with Crippen LogP contribution in [0.3, 0.4) is 0 Å². The molecule has 1 aromatic carbocycles. The Morgan fingerprint density at radius 2 is 1.57 bits per heavy atom. The van der Waals surface area contributed by atoms with Gasteiger partial charge < -0.3 is 24.3 Å². The van der Waals surface area contributed by atoms with Crippen LogP contribution in [0.2, 0.25) is 5.02 Å². The normalized spacial score (nSPS) is 32.2. The second-order valence-corrected chi connectivity index (χ2v) is 16.6. The Morgan fingerprint density at radius 1 is 0.872 bits per heavy atom. The summed E-state index contributed by atoms with van der Waals surface area (Å²) in [6.45, 7) is 10.2. The molecule has 10 heteroatoms. The molecule has 7 rings (SSSR count). The van der Waals surface area contributed by atoms with E-state index in [-0.39, 0.29) is 47.1 Å². The molecule has 4 saturated heterocycles. The van der Waals surface area contributed by atoms with E-state index in [9.17, 15) is 14.4 Å². The van der Waals surface area contributed by atoms with E-state index < -0.39 is 12.1 Å². The number of halogens is 1. The number of likely N-dealkylation sites (N-methyl/N-ethyl adjacent to an activating group) is 1. The molecule has 0 spiro atoms. The molecule has 0 N–H and O–H groups in total. The third kappa shape index (κ3) is 7.10. The Labute approximate surface area is 285 Å². The summed E-state index contributed by atoms with van der Waals surface area (Å²) >= 11 is 6.27. The number of carbonyl (C=O) groups excluding carboxylic acids is 3. The fraction of sp³-hybridized carbons (Fsp3) is 0.757. The fourth-order valence-corrected chi connectivity index (χ4v) is 9.20. The first-order chi connectivity index (χ1) is 22.6. The zero-order valence-electron chi connectivity index (χ0n) is 28.6. The molecule has 2 saturated carbocycles. The Bertz CT molecular complexity index is 1300. The number of nitrogens with zero attached hydrogens (tertiary/aromatic N) is 5. The maximum absolute atomic E-state index is 15.0. The smallest absolute Gasteiger partial charge is 0.252 e. The first kappa shape index (κ1) is 33.3. The van der Waals surface area contributed by atoms with Crippen molar-refractivity contribution >= 4 is 29.3 Å². The van der Waals surface area contributed by atoms with Crippen molar-refractivity contribution in [2.24, 2.45) is 11.3 Å². The van der Waals surface area contributed by atoms with Gasteiger partial charge in [-0.25, -0.2) is 0 Å². The zero-order valence-corrected chi connectivity index (χ0v) is 29.4. The van der Waals surface area contributed by atoms with Gasteiger partial charge >= 0.3 is 0 Å². The van der Waals surface area contributed by atoms with Crippen LogP contribution in [-0.4, -0.2) is 132 Å². The number of benzene rings is 1. The second-order valence-electron chi connectivity index (χ2n) is 16.1. The number of amides is 3. The highest BCUT2D eigenvalue weighted by molar-refractivity contribution is 6.30. The Kier molecular flexibility index (Phi) is 9.64. The molecule has 2 aliphatic carbocycles. The van der Waals surface area contributed by atoms with Gasteiger partial charge in [0.1, 0.15) is 12.1 Å². The lowest BCUT2D eigenvalue weighted by Crippen LogP contribution is -2.54. The molecule has 0 bridgehead atoms. The average molecular weight is 668 g/mol. The highest BCUT2D eigenvalue weighted by Crippen LogP contribution is 2.43. The third-order valence-corrected chi connectivity index (χ3v) is 12.5. The summed E-state index contributed by atoms with van der Waals surface area (Å²) in [6, 6.07) is 7.87. The van der Waals surface area contributed by atoms with Gasteiger partial charge in [-0.1, -0.05) is 37.6 Å². The van der Waals surface area contributed by atoms with E-state index in [0.29, 0.717) is 50.3 Å². The highest BCUT2D eigenvalue weighted by Gasteiger charge is 2.52. The van der Waals surface area contributed by atoms with E-state index in [0.717, 1.165) is 63.7 Å². The minimum Gasteiger partial charge on any atom is -0.368 e.